The van der Waals surface area contributed by atoms with E-state index in [4.69, 9.17) is 34.6 Å². The molecule has 0 bridgehead atoms. The molecule has 1 atom stereocenters. The number of hydrogen-bond acceptors (Lipinski definition) is 34. The summed E-state index contributed by atoms with van der Waals surface area (Å²) in [6, 6.07) is 0. The Morgan fingerprint density at radius 1 is 0.375 bits per heavy atom. The molecular weight excluding hydrogens is 1770 g/mol. The van der Waals surface area contributed by atoms with Gasteiger partial charge in [-0.25, -0.2) is 0 Å². The molecule has 0 fully saturated rings. The van der Waals surface area contributed by atoms with Crippen LogP contribution in [0.25, 0.3) is 0 Å². The van der Waals surface area contributed by atoms with Crippen molar-refractivity contribution in [2.24, 2.45) is 0 Å². The second-order valence-corrected chi connectivity index (χ2v) is 180. The Labute approximate surface area is 549 Å². The Hall–Kier alpha value is 1.13. The van der Waals surface area contributed by atoms with Crippen LogP contribution in [0.15, 0.2) is 24.6 Å². The molecule has 0 N–H and O–H groups in total. The van der Waals surface area contributed by atoms with Crippen molar-refractivity contribution in [2.45, 2.75) is 91.1 Å². The molecule has 0 aliphatic carbocycles. The minimum atomic E-state index is -4.58. The highest BCUT2D eigenvalue weighted by Crippen LogP contribution is 2.29. The molecule has 472 valence electrons. The SMILES string of the molecule is C=C[Si](C)(C)OC(C)(C)[Si](C)(C)C=C.C[SiH](C)O[SiH2][Si](=O)[Si](=O)[Si](=O)[Si](=O)[Si](=O)[SiH](C)O[SiH2][Si](=O)[Si](=O)[Si](=O)[Si](=O)[Si](=O)[Si](=O)[Si](=O)[Si](=O)[Si](=O)[Si](=O)[Si](=O)[Si](=O)[Si](=O)[Si](=O)[Si](=O)[Si](=O)[Si](=O)[Si](=O)[Si](=O)[Si](=O)[Si](=O)[Si](C)(C)O[SiH](C)C.O=[Si]=O.O=[Si]=O. The maximum Gasteiger partial charge on any atom is 0.549 e. The van der Waals surface area contributed by atoms with Gasteiger partial charge in [-0.1, -0.05) is 24.5 Å². The third kappa shape index (κ3) is 31.5. The average molecular weight is 1820 g/mol. The predicted molar refractivity (Wildman–Crippen MR) is 341 cm³/mol. The van der Waals surface area contributed by atoms with Gasteiger partial charge >= 0.3 is 219 Å². The molecular formula is C18H52O34Si36. The summed E-state index contributed by atoms with van der Waals surface area (Å²) in [7, 11) is -127. The van der Waals surface area contributed by atoms with E-state index in [2.05, 4.69) is 58.9 Å². The molecule has 1 unspecified atom stereocenters. The summed E-state index contributed by atoms with van der Waals surface area (Å²) in [5, 5.41) is -0.0569. The van der Waals surface area contributed by atoms with Crippen molar-refractivity contribution in [3.63, 3.8) is 0 Å². The molecule has 70 heteroatoms. The van der Waals surface area contributed by atoms with Crippen molar-refractivity contribution in [3.8, 4) is 0 Å². The third-order valence-corrected chi connectivity index (χ3v) is 252. The van der Waals surface area contributed by atoms with Crippen LogP contribution in [0.1, 0.15) is 13.8 Å². The zero-order chi connectivity index (χ0) is 70.8. The summed E-state index contributed by atoms with van der Waals surface area (Å²) in [6.07, 6.45) is 0. The van der Waals surface area contributed by atoms with E-state index in [9.17, 15) is 116 Å². The smallest absolute Gasteiger partial charge is 0.460 e. The fourth-order valence-electron chi connectivity index (χ4n) is 5.15. The van der Waals surface area contributed by atoms with Gasteiger partial charge in [0.25, 0.3) is 0 Å². The monoisotopic (exact) mass is 1820 g/mol. The molecule has 0 aliphatic heterocycles. The summed E-state index contributed by atoms with van der Waals surface area (Å²) in [5.74, 6) is 0. The van der Waals surface area contributed by atoms with Gasteiger partial charge < -0.3 is 133 Å². The van der Waals surface area contributed by atoms with Crippen molar-refractivity contribution in [1.82, 2.24) is 0 Å². The van der Waals surface area contributed by atoms with Crippen LogP contribution in [0.3, 0.4) is 0 Å². The molecule has 0 heterocycles. The zero-order valence-corrected chi connectivity index (χ0v) is 85.9. The minimum Gasteiger partial charge on any atom is -0.460 e. The Balaban J connectivity index is -0.00000150. The molecule has 0 aromatic heterocycles. The number of hydrogen-bond donors (Lipinski definition) is 0. The minimum absolute atomic E-state index is 0.0569. The van der Waals surface area contributed by atoms with Gasteiger partial charge in [-0.05, 0) is 72.8 Å². The molecule has 0 radical (unpaired) electrons. The molecule has 0 amide bonds. The first-order valence-electron chi connectivity index (χ1n) is 23.8. The second kappa shape index (κ2) is 44.9. The van der Waals surface area contributed by atoms with Crippen molar-refractivity contribution in [2.75, 3.05) is 0 Å². The second-order valence-electron chi connectivity index (χ2n) is 19.3. The lowest BCUT2D eigenvalue weighted by atomic mass is 10.5. The Bertz CT molecular complexity index is 3270. The molecule has 0 aromatic carbocycles. The average Bonchev–Trinajstić information content (AvgIpc) is 2.26. The first-order valence-corrected chi connectivity index (χ1v) is 111. The standard InChI is InChI=1S/C11H24OSi2.C7H28O29Si32.2O2Si/c1-9-13(5,6)11(3,4)12-14(7,8)10-2;1-39(2)34-37-42(8)45(11)48(14)47(13)44(10)41(5)35-38-43(9)46(12)49(15)50(16)51(17)52(18)53(19)54(20)55(21)56(22)57(23)58(24)59(25)60(26)61(27)62(28)63(29)64(30)65(31)66(32)67(33)68(6,7)36-40(3)4;2*1-3-2/h9-10H,1-2H2,3-8H3;39-41H,37-38H2,1-7H3;;. The van der Waals surface area contributed by atoms with E-state index in [1.807, 2.05) is 5.70 Å². The van der Waals surface area contributed by atoms with Crippen molar-refractivity contribution in [3.05, 3.63) is 24.6 Å². The Morgan fingerprint density at radius 2 is 0.614 bits per heavy atom. The van der Waals surface area contributed by atoms with Crippen LogP contribution < -0.4 is 0 Å². The summed E-state index contributed by atoms with van der Waals surface area (Å²) >= 11 is 0. The quantitative estimate of drug-likeness (QED) is 0.0516. The van der Waals surface area contributed by atoms with Crippen LogP contribution in [0.4, 0.5) is 0 Å². The lowest BCUT2D eigenvalue weighted by Gasteiger charge is -2.42. The maximum atomic E-state index is 12.8. The van der Waals surface area contributed by atoms with Gasteiger partial charge in [0.2, 0.25) is 43.3 Å². The maximum absolute atomic E-state index is 12.8. The first-order chi connectivity index (χ1) is 39.8. The highest BCUT2D eigenvalue weighted by Gasteiger charge is 2.58. The van der Waals surface area contributed by atoms with E-state index >= 15 is 0 Å². The van der Waals surface area contributed by atoms with E-state index in [0.717, 1.165) is 6.55 Å². The van der Waals surface area contributed by atoms with E-state index < -0.39 is 289 Å². The highest BCUT2D eigenvalue weighted by molar-refractivity contribution is 7.83. The Kier molecular flexibility index (Phi) is 48.7. The zero-order valence-electron chi connectivity index (χ0n) is 48.6. The van der Waals surface area contributed by atoms with Gasteiger partial charge in [-0.2, -0.15) is 0 Å². The van der Waals surface area contributed by atoms with E-state index in [-0.39, 0.29) is 5.22 Å². The van der Waals surface area contributed by atoms with Crippen LogP contribution in [0.5, 0.6) is 0 Å². The lowest BCUT2D eigenvalue weighted by Crippen LogP contribution is -2.58. The van der Waals surface area contributed by atoms with Gasteiger partial charge in [0.05, 0.1) is 0 Å². The predicted octanol–water partition coefficient (Wildman–Crippen LogP) is -10.8. The van der Waals surface area contributed by atoms with Crippen LogP contribution >= 0.6 is 0 Å². The van der Waals surface area contributed by atoms with Crippen LogP contribution in [0.2, 0.25) is 72.0 Å². The van der Waals surface area contributed by atoms with Crippen molar-refractivity contribution in [1.29, 1.82) is 0 Å². The van der Waals surface area contributed by atoms with Gasteiger partial charge in [0.1, 0.15) is 8.07 Å². The molecule has 0 aromatic rings. The van der Waals surface area contributed by atoms with Gasteiger partial charge in [0.15, 0.2) is 18.1 Å². The summed E-state index contributed by atoms with van der Waals surface area (Å²) in [5.41, 5.74) is 4.09. The van der Waals surface area contributed by atoms with Gasteiger partial charge in [0, 0.05) is 5.22 Å². The topological polar surface area (TPSA) is 549 Å². The molecule has 0 saturated carbocycles. The highest BCUT2D eigenvalue weighted by atomic mass is 30.1. The van der Waals surface area contributed by atoms with Gasteiger partial charge in [-0.15, -0.1) is 13.2 Å². The van der Waals surface area contributed by atoms with Crippen molar-refractivity contribution >= 4 is 289 Å². The first kappa shape index (κ1) is 95.5. The molecule has 0 saturated heterocycles. The molecule has 0 spiro atoms. The summed E-state index contributed by atoms with van der Waals surface area (Å²) in [4.78, 5) is 0. The number of rotatable bonds is 39. The molecule has 34 nitrogen and oxygen atoms in total. The fraction of sp³-hybridized carbons (Fsp3) is 0.778. The van der Waals surface area contributed by atoms with E-state index in [1.165, 1.54) is 13.1 Å². The van der Waals surface area contributed by atoms with Crippen LogP contribution in [0, 0.1) is 0 Å². The molecule has 0 rings (SSSR count). The fourth-order valence-corrected chi connectivity index (χ4v) is 352. The van der Waals surface area contributed by atoms with Crippen LogP contribution in [-0.2, 0) is 151 Å². The normalized spacial score (nSPS) is 11.3. The summed E-state index contributed by atoms with van der Waals surface area (Å²) in [6.45, 7) is 31.8. The largest absolute Gasteiger partial charge is 0.549 e. The Morgan fingerprint density at radius 3 is 0.852 bits per heavy atom. The van der Waals surface area contributed by atoms with E-state index in [0.29, 0.717) is 0 Å². The van der Waals surface area contributed by atoms with Crippen molar-refractivity contribution < 1.29 is 151 Å². The third-order valence-electron chi connectivity index (χ3n) is 10.6. The molecule has 0 aliphatic rings. The lowest BCUT2D eigenvalue weighted by molar-refractivity contribution is 0.181. The van der Waals surface area contributed by atoms with E-state index in [1.54, 1.807) is 26.2 Å². The van der Waals surface area contributed by atoms with Crippen LogP contribution in [-0.4, -0.2) is 294 Å². The summed E-state index contributed by atoms with van der Waals surface area (Å²) < 4.78 is 386. The van der Waals surface area contributed by atoms with Gasteiger partial charge in [-0.3, -0.25) is 17.8 Å². The molecule has 88 heavy (non-hydrogen) atoms.